The summed E-state index contributed by atoms with van der Waals surface area (Å²) in [6.07, 6.45) is 0. The molecule has 0 saturated heterocycles. The van der Waals surface area contributed by atoms with Crippen molar-refractivity contribution in [1.29, 1.82) is 0 Å². The third-order valence-corrected chi connectivity index (χ3v) is 3.75. The topological polar surface area (TPSA) is 53.2 Å². The summed E-state index contributed by atoms with van der Waals surface area (Å²) in [7, 11) is 0. The van der Waals surface area contributed by atoms with Crippen molar-refractivity contribution in [3.63, 3.8) is 0 Å². The Morgan fingerprint density at radius 2 is 1.35 bits per heavy atom. The number of amides is 1. The van der Waals surface area contributed by atoms with Gasteiger partial charge in [-0.25, -0.2) is 4.39 Å². The van der Waals surface area contributed by atoms with Gasteiger partial charge in [0.2, 0.25) is 0 Å². The largest absolute Gasteiger partial charge is 0.356 e. The predicted molar refractivity (Wildman–Crippen MR) is 106 cm³/mol. The fourth-order valence-corrected chi connectivity index (χ4v) is 2.51. The van der Waals surface area contributed by atoms with E-state index in [1.165, 1.54) is 18.2 Å². The molecule has 0 aliphatic rings. The van der Waals surface area contributed by atoms with Crippen molar-refractivity contribution in [3.8, 4) is 0 Å². The van der Waals surface area contributed by atoms with Crippen LogP contribution < -0.4 is 16.0 Å². The lowest BCUT2D eigenvalue weighted by Gasteiger charge is -2.11. The number of anilines is 3. The maximum absolute atomic E-state index is 13.6. The zero-order valence-electron chi connectivity index (χ0n) is 13.7. The lowest BCUT2D eigenvalue weighted by atomic mass is 10.2. The number of benzene rings is 3. The first-order valence-electron chi connectivity index (χ1n) is 7.91. The van der Waals surface area contributed by atoms with E-state index in [2.05, 4.69) is 16.0 Å². The number of hydrogen-bond donors (Lipinski definition) is 3. The van der Waals surface area contributed by atoms with Gasteiger partial charge >= 0.3 is 0 Å². The van der Waals surface area contributed by atoms with E-state index in [4.69, 9.17) is 12.2 Å². The molecule has 0 aromatic heterocycles. The third kappa shape index (κ3) is 4.64. The normalized spacial score (nSPS) is 10.0. The Labute approximate surface area is 156 Å². The molecule has 0 atom stereocenters. The molecule has 4 nitrogen and oxygen atoms in total. The van der Waals surface area contributed by atoms with Crippen LogP contribution in [0.4, 0.5) is 21.5 Å². The van der Waals surface area contributed by atoms with E-state index in [0.717, 1.165) is 11.4 Å². The van der Waals surface area contributed by atoms with Crippen LogP contribution in [0.25, 0.3) is 0 Å². The van der Waals surface area contributed by atoms with E-state index in [0.29, 0.717) is 5.69 Å². The zero-order valence-corrected chi connectivity index (χ0v) is 14.5. The van der Waals surface area contributed by atoms with Crippen LogP contribution in [0.5, 0.6) is 0 Å². The first kappa shape index (κ1) is 17.6. The number of rotatable bonds is 4. The van der Waals surface area contributed by atoms with Crippen molar-refractivity contribution < 1.29 is 9.18 Å². The van der Waals surface area contributed by atoms with Gasteiger partial charge in [-0.05, 0) is 60.7 Å². The summed E-state index contributed by atoms with van der Waals surface area (Å²) in [5.74, 6) is -1.19. The van der Waals surface area contributed by atoms with Crippen molar-refractivity contribution in [2.75, 3.05) is 10.6 Å². The molecular weight excluding hydrogens is 349 g/mol. The average molecular weight is 365 g/mol. The molecule has 0 fully saturated rings. The Morgan fingerprint density at radius 3 is 2.04 bits per heavy atom. The Bertz CT molecular complexity index is 914. The second-order valence-electron chi connectivity index (χ2n) is 5.46. The summed E-state index contributed by atoms with van der Waals surface area (Å²) in [5.41, 5.74) is 2.56. The monoisotopic (exact) mass is 365 g/mol. The van der Waals surface area contributed by atoms with E-state index in [1.54, 1.807) is 6.07 Å². The van der Waals surface area contributed by atoms with Gasteiger partial charge in [-0.15, -0.1) is 0 Å². The fraction of sp³-hybridized carbons (Fsp3) is 0. The lowest BCUT2D eigenvalue weighted by molar-refractivity contribution is 0.0974. The van der Waals surface area contributed by atoms with Crippen LogP contribution in [-0.2, 0) is 0 Å². The number of carbonyl (C=O) groups excluding carboxylic acids is 1. The van der Waals surface area contributed by atoms with E-state index < -0.39 is 11.7 Å². The maximum atomic E-state index is 13.6. The predicted octanol–water partition coefficient (Wildman–Crippen LogP) is 4.70. The molecule has 1 amide bonds. The highest BCUT2D eigenvalue weighted by Crippen LogP contribution is 2.18. The summed E-state index contributed by atoms with van der Waals surface area (Å²) in [5, 5.41) is 8.74. The first-order valence-corrected chi connectivity index (χ1v) is 8.31. The highest BCUT2D eigenvalue weighted by molar-refractivity contribution is 7.80. The second kappa shape index (κ2) is 8.22. The van der Waals surface area contributed by atoms with Crippen molar-refractivity contribution in [2.24, 2.45) is 0 Å². The highest BCUT2D eigenvalue weighted by Gasteiger charge is 2.12. The standard InChI is InChI=1S/C20H16FN3OS/c21-18-9-5-4-8-17(18)19(25)24-20(26)23-16-12-10-15(11-13-16)22-14-6-2-1-3-7-14/h1-13,22H,(H2,23,24,25,26). The minimum atomic E-state index is -0.594. The molecule has 0 unspecified atom stereocenters. The quantitative estimate of drug-likeness (QED) is 0.587. The molecule has 0 heterocycles. The molecule has 0 saturated carbocycles. The number of hydrogen-bond acceptors (Lipinski definition) is 3. The lowest BCUT2D eigenvalue weighted by Crippen LogP contribution is -2.34. The van der Waals surface area contributed by atoms with Gasteiger partial charge in [0, 0.05) is 17.1 Å². The van der Waals surface area contributed by atoms with Gasteiger partial charge in [0.1, 0.15) is 5.82 Å². The molecule has 130 valence electrons. The molecular formula is C20H16FN3OS. The molecule has 3 rings (SSSR count). The third-order valence-electron chi connectivity index (χ3n) is 3.55. The van der Waals surface area contributed by atoms with Gasteiger partial charge in [0.15, 0.2) is 5.11 Å². The molecule has 3 N–H and O–H groups in total. The Hall–Kier alpha value is -3.25. The van der Waals surface area contributed by atoms with Crippen LogP contribution in [0.3, 0.4) is 0 Å². The van der Waals surface area contributed by atoms with Gasteiger partial charge < -0.3 is 10.6 Å². The SMILES string of the molecule is O=C(NC(=S)Nc1ccc(Nc2ccccc2)cc1)c1ccccc1F. The van der Waals surface area contributed by atoms with Crippen LogP contribution in [0.2, 0.25) is 0 Å². The number of thiocarbonyl (C=S) groups is 1. The molecule has 0 spiro atoms. The van der Waals surface area contributed by atoms with Crippen molar-refractivity contribution in [1.82, 2.24) is 5.32 Å². The zero-order chi connectivity index (χ0) is 18.4. The van der Waals surface area contributed by atoms with Crippen LogP contribution in [-0.4, -0.2) is 11.0 Å². The van der Waals surface area contributed by atoms with E-state index in [9.17, 15) is 9.18 Å². The molecule has 26 heavy (non-hydrogen) atoms. The number of halogens is 1. The Balaban J connectivity index is 1.58. The second-order valence-corrected chi connectivity index (χ2v) is 5.86. The van der Waals surface area contributed by atoms with Gasteiger partial charge in [-0.1, -0.05) is 30.3 Å². The molecule has 0 aliphatic heterocycles. The number of para-hydroxylation sites is 1. The maximum Gasteiger partial charge on any atom is 0.260 e. The highest BCUT2D eigenvalue weighted by atomic mass is 32.1. The van der Waals surface area contributed by atoms with E-state index in [1.807, 2.05) is 54.6 Å². The summed E-state index contributed by atoms with van der Waals surface area (Å²) >= 11 is 5.11. The van der Waals surface area contributed by atoms with Crippen molar-refractivity contribution in [2.45, 2.75) is 0 Å². The average Bonchev–Trinajstić information content (AvgIpc) is 2.64. The van der Waals surface area contributed by atoms with Gasteiger partial charge in [-0.2, -0.15) is 0 Å². The number of carbonyl (C=O) groups is 1. The van der Waals surface area contributed by atoms with Gasteiger partial charge in [-0.3, -0.25) is 10.1 Å². The summed E-state index contributed by atoms with van der Waals surface area (Å²) in [6.45, 7) is 0. The van der Waals surface area contributed by atoms with Crippen LogP contribution in [0.1, 0.15) is 10.4 Å². The molecule has 3 aromatic rings. The van der Waals surface area contributed by atoms with Crippen molar-refractivity contribution in [3.05, 3.63) is 90.2 Å². The first-order chi connectivity index (χ1) is 12.6. The number of nitrogens with one attached hydrogen (secondary N) is 3. The van der Waals surface area contributed by atoms with Crippen LogP contribution >= 0.6 is 12.2 Å². The van der Waals surface area contributed by atoms with E-state index in [-0.39, 0.29) is 10.7 Å². The fourth-order valence-electron chi connectivity index (χ4n) is 2.30. The Morgan fingerprint density at radius 1 is 0.769 bits per heavy atom. The summed E-state index contributed by atoms with van der Waals surface area (Å²) < 4.78 is 13.6. The molecule has 0 bridgehead atoms. The van der Waals surface area contributed by atoms with Crippen molar-refractivity contribution >= 4 is 40.3 Å². The molecule has 0 radical (unpaired) electrons. The van der Waals surface area contributed by atoms with Crippen LogP contribution in [0, 0.1) is 5.82 Å². The van der Waals surface area contributed by atoms with Gasteiger partial charge in [0.25, 0.3) is 5.91 Å². The minimum absolute atomic E-state index is 0.0564. The smallest absolute Gasteiger partial charge is 0.260 e. The van der Waals surface area contributed by atoms with Gasteiger partial charge in [0.05, 0.1) is 5.56 Å². The van der Waals surface area contributed by atoms with Crippen LogP contribution in [0.15, 0.2) is 78.9 Å². The summed E-state index contributed by atoms with van der Waals surface area (Å²) in [4.78, 5) is 12.0. The minimum Gasteiger partial charge on any atom is -0.356 e. The molecule has 0 aliphatic carbocycles. The molecule has 3 aromatic carbocycles. The molecule has 6 heteroatoms. The Kier molecular flexibility index (Phi) is 5.56. The van der Waals surface area contributed by atoms with E-state index >= 15 is 0 Å². The summed E-state index contributed by atoms with van der Waals surface area (Å²) in [6, 6.07) is 23.0.